The van der Waals surface area contributed by atoms with Crippen molar-refractivity contribution in [1.82, 2.24) is 8.87 Å². The van der Waals surface area contributed by atoms with E-state index in [-0.39, 0.29) is 4.90 Å². The molecule has 3 heterocycles. The van der Waals surface area contributed by atoms with E-state index in [4.69, 9.17) is 21.4 Å². The van der Waals surface area contributed by atoms with Crippen LogP contribution < -0.4 is 4.90 Å². The Kier molecular flexibility index (Phi) is 5.89. The van der Waals surface area contributed by atoms with Crippen molar-refractivity contribution in [3.8, 4) is 0 Å². The van der Waals surface area contributed by atoms with Gasteiger partial charge in [0.15, 0.2) is 12.3 Å². The minimum absolute atomic E-state index is 0.284. The molecular formula is C19H28N3O4S2+. The number of fused-ring (bicyclic) bond motifs is 1. The summed E-state index contributed by atoms with van der Waals surface area (Å²) in [7, 11) is -3.55. The Bertz CT molecular complexity index is 992. The van der Waals surface area contributed by atoms with Crippen LogP contribution in [0.5, 0.6) is 0 Å². The molecule has 4 rings (SSSR count). The van der Waals surface area contributed by atoms with Crippen LogP contribution in [0.1, 0.15) is 32.6 Å². The zero-order chi connectivity index (χ0) is 19.7. The van der Waals surface area contributed by atoms with Crippen LogP contribution in [0.2, 0.25) is 0 Å². The van der Waals surface area contributed by atoms with E-state index in [1.807, 2.05) is 4.57 Å². The van der Waals surface area contributed by atoms with Crippen LogP contribution >= 0.6 is 12.2 Å². The van der Waals surface area contributed by atoms with Crippen LogP contribution in [-0.2, 0) is 21.4 Å². The highest BCUT2D eigenvalue weighted by Gasteiger charge is 2.29. The number of piperidine rings is 1. The van der Waals surface area contributed by atoms with Gasteiger partial charge in [-0.1, -0.05) is 6.92 Å². The fraction of sp³-hybridized carbons (Fsp3) is 0.632. The summed E-state index contributed by atoms with van der Waals surface area (Å²) in [6.07, 6.45) is 4.85. The van der Waals surface area contributed by atoms with Gasteiger partial charge in [-0.25, -0.2) is 8.42 Å². The molecule has 2 atom stereocenters. The van der Waals surface area contributed by atoms with Crippen LogP contribution in [0.3, 0.4) is 0 Å². The average molecular weight is 427 g/mol. The normalized spacial score (nSPS) is 24.6. The van der Waals surface area contributed by atoms with Crippen molar-refractivity contribution in [3.05, 3.63) is 23.0 Å². The van der Waals surface area contributed by atoms with Crippen LogP contribution in [0.4, 0.5) is 0 Å². The number of benzene rings is 1. The summed E-state index contributed by atoms with van der Waals surface area (Å²) < 4.78 is 40.6. The Hall–Kier alpha value is -1.26. The van der Waals surface area contributed by atoms with Crippen molar-refractivity contribution in [2.45, 2.75) is 50.2 Å². The van der Waals surface area contributed by atoms with Gasteiger partial charge in [-0.15, -0.1) is 0 Å². The third kappa shape index (κ3) is 3.78. The maximum Gasteiger partial charge on any atom is 0.274 e. The van der Waals surface area contributed by atoms with E-state index in [9.17, 15) is 8.42 Å². The van der Waals surface area contributed by atoms with E-state index in [1.54, 1.807) is 18.2 Å². The molecule has 2 aromatic rings. The lowest BCUT2D eigenvalue weighted by atomic mass is 10.0. The SMILES string of the molecule is CC[C@H]1CCCC[NH+]1Cn1c(=S)oc2ccc(S(=O)(=O)N3CCOCC3)cc21. The standard InChI is InChI=1S/C19H27N3O4S2/c1-2-15-5-3-4-8-20(15)14-22-17-13-16(6-7-18(17)26-19(22)27)28(23,24)21-9-11-25-12-10-21/h6-7,13,15H,2-5,8-12,14H2,1H3/p+1/t15-/m0/s1. The second kappa shape index (κ2) is 8.23. The molecule has 9 heteroatoms. The topological polar surface area (TPSA) is 69.1 Å². The molecule has 154 valence electrons. The first-order valence-corrected chi connectivity index (χ1v) is 11.9. The second-order valence-corrected chi connectivity index (χ2v) is 9.90. The molecule has 0 radical (unpaired) electrons. The lowest BCUT2D eigenvalue weighted by Gasteiger charge is -2.32. The molecule has 1 aromatic heterocycles. The van der Waals surface area contributed by atoms with E-state index in [1.165, 1.54) is 28.5 Å². The highest BCUT2D eigenvalue weighted by atomic mass is 32.2. The van der Waals surface area contributed by atoms with Crippen molar-refractivity contribution in [3.63, 3.8) is 0 Å². The number of ether oxygens (including phenoxy) is 1. The molecule has 1 unspecified atom stereocenters. The van der Waals surface area contributed by atoms with Gasteiger partial charge < -0.3 is 14.1 Å². The Labute approximate surface area is 170 Å². The first kappa shape index (κ1) is 20.0. The fourth-order valence-electron chi connectivity index (χ4n) is 4.34. The summed E-state index contributed by atoms with van der Waals surface area (Å²) in [5.74, 6) is 0. The van der Waals surface area contributed by atoms with E-state index in [0.717, 1.165) is 18.5 Å². The van der Waals surface area contributed by atoms with Crippen LogP contribution in [0.15, 0.2) is 27.5 Å². The monoisotopic (exact) mass is 426 g/mol. The maximum atomic E-state index is 13.0. The molecule has 0 amide bonds. The molecule has 2 aliphatic heterocycles. The maximum absolute atomic E-state index is 13.0. The fourth-order valence-corrected chi connectivity index (χ4v) is 6.02. The minimum Gasteiger partial charge on any atom is -0.429 e. The van der Waals surface area contributed by atoms with Gasteiger partial charge in [-0.3, -0.25) is 4.57 Å². The molecule has 0 aliphatic carbocycles. The molecule has 2 fully saturated rings. The van der Waals surface area contributed by atoms with E-state index >= 15 is 0 Å². The Morgan fingerprint density at radius 3 is 2.79 bits per heavy atom. The van der Waals surface area contributed by atoms with Crippen molar-refractivity contribution in [2.75, 3.05) is 32.8 Å². The number of rotatable bonds is 5. The summed E-state index contributed by atoms with van der Waals surface area (Å²) in [4.78, 5) is 2.19. The summed E-state index contributed by atoms with van der Waals surface area (Å²) >= 11 is 5.46. The molecule has 1 aromatic carbocycles. The largest absolute Gasteiger partial charge is 0.429 e. The number of hydrogen-bond donors (Lipinski definition) is 1. The van der Waals surface area contributed by atoms with Crippen LogP contribution in [-0.4, -0.2) is 56.2 Å². The van der Waals surface area contributed by atoms with E-state index in [0.29, 0.717) is 49.4 Å². The Balaban J connectivity index is 1.69. The molecular weight excluding hydrogens is 398 g/mol. The molecule has 0 bridgehead atoms. The summed E-state index contributed by atoms with van der Waals surface area (Å²) in [5, 5.41) is 0. The Morgan fingerprint density at radius 2 is 2.04 bits per heavy atom. The number of nitrogens with zero attached hydrogens (tertiary/aromatic N) is 2. The minimum atomic E-state index is -3.55. The van der Waals surface area contributed by atoms with Gasteiger partial charge in [0.05, 0.1) is 36.2 Å². The Morgan fingerprint density at radius 1 is 1.25 bits per heavy atom. The third-order valence-corrected chi connectivity index (χ3v) is 8.18. The average Bonchev–Trinajstić information content (AvgIpc) is 3.03. The van der Waals surface area contributed by atoms with Gasteiger partial charge in [0, 0.05) is 13.1 Å². The van der Waals surface area contributed by atoms with Gasteiger partial charge >= 0.3 is 0 Å². The zero-order valence-corrected chi connectivity index (χ0v) is 17.9. The molecule has 2 saturated heterocycles. The highest BCUT2D eigenvalue weighted by molar-refractivity contribution is 7.89. The lowest BCUT2D eigenvalue weighted by molar-refractivity contribution is -0.952. The number of aromatic nitrogens is 1. The van der Waals surface area contributed by atoms with Crippen molar-refractivity contribution < 1.29 is 22.5 Å². The van der Waals surface area contributed by atoms with Gasteiger partial charge in [0.2, 0.25) is 10.0 Å². The number of quaternary nitrogens is 1. The van der Waals surface area contributed by atoms with Gasteiger partial charge in [-0.05, 0) is 56.1 Å². The van der Waals surface area contributed by atoms with Crippen molar-refractivity contribution in [2.24, 2.45) is 0 Å². The summed E-state index contributed by atoms with van der Waals surface area (Å²) in [6.45, 7) is 5.68. The van der Waals surface area contributed by atoms with Crippen molar-refractivity contribution in [1.29, 1.82) is 0 Å². The number of morpholine rings is 1. The summed E-state index contributed by atoms with van der Waals surface area (Å²) in [5.41, 5.74) is 1.39. The molecule has 0 spiro atoms. The lowest BCUT2D eigenvalue weighted by Crippen LogP contribution is -3.15. The first-order chi connectivity index (χ1) is 13.5. The van der Waals surface area contributed by atoms with E-state index in [2.05, 4.69) is 6.92 Å². The van der Waals surface area contributed by atoms with Gasteiger partial charge in [-0.2, -0.15) is 4.31 Å². The number of oxazole rings is 1. The van der Waals surface area contributed by atoms with Gasteiger partial charge in [0.25, 0.3) is 4.84 Å². The molecule has 28 heavy (non-hydrogen) atoms. The predicted octanol–water partition coefficient (Wildman–Crippen LogP) is 1.79. The van der Waals surface area contributed by atoms with Crippen LogP contribution in [0.25, 0.3) is 11.1 Å². The predicted molar refractivity (Wildman–Crippen MR) is 108 cm³/mol. The number of likely N-dealkylation sites (tertiary alicyclic amines) is 1. The highest BCUT2D eigenvalue weighted by Crippen LogP contribution is 2.24. The molecule has 1 N–H and O–H groups in total. The van der Waals surface area contributed by atoms with Gasteiger partial charge in [0.1, 0.15) is 0 Å². The first-order valence-electron chi connectivity index (χ1n) is 10.1. The quantitative estimate of drug-likeness (QED) is 0.739. The van der Waals surface area contributed by atoms with Crippen molar-refractivity contribution >= 4 is 33.3 Å². The smallest absolute Gasteiger partial charge is 0.274 e. The molecule has 7 nitrogen and oxygen atoms in total. The number of sulfonamides is 1. The molecule has 2 aliphatic rings. The van der Waals surface area contributed by atoms with Crippen LogP contribution in [0, 0.1) is 4.84 Å². The third-order valence-electron chi connectivity index (χ3n) is 5.98. The second-order valence-electron chi connectivity index (χ2n) is 7.61. The molecule has 0 saturated carbocycles. The number of hydrogen-bond acceptors (Lipinski definition) is 5. The summed E-state index contributed by atoms with van der Waals surface area (Å²) in [6, 6.07) is 5.65. The number of nitrogens with one attached hydrogen (secondary N) is 1. The van der Waals surface area contributed by atoms with E-state index < -0.39 is 10.0 Å². The zero-order valence-electron chi connectivity index (χ0n) is 16.2.